The van der Waals surface area contributed by atoms with Crippen molar-refractivity contribution in [3.8, 4) is 11.5 Å². The fraction of sp³-hybridized carbons (Fsp3) is 0.111. The number of azo groups is 2. The molecule has 41 heteroatoms. The number of benzene rings is 4. The third-order valence-corrected chi connectivity index (χ3v) is 10.8. The van der Waals surface area contributed by atoms with Crippen LogP contribution < -0.4 is 153 Å². The first-order valence-corrected chi connectivity index (χ1v) is 24.8. The van der Waals surface area contributed by atoms with Gasteiger partial charge in [-0.3, -0.25) is 9.11 Å². The van der Waals surface area contributed by atoms with Crippen molar-refractivity contribution in [1.29, 1.82) is 0 Å². The molecule has 0 fully saturated rings. The summed E-state index contributed by atoms with van der Waals surface area (Å²) in [5.41, 5.74) is -1.65. The molecule has 4 rings (SSSR count). The van der Waals surface area contributed by atoms with Crippen LogP contribution in [-0.4, -0.2) is 118 Å². The molecule has 0 aliphatic rings. The summed E-state index contributed by atoms with van der Waals surface area (Å²) in [6.45, 7) is 6.60. The second kappa shape index (κ2) is 34.0. The average Bonchev–Trinajstić information content (AvgIpc) is 3.11. The number of nitrogens with one attached hydrogen (secondary N) is 1. The molecule has 0 aliphatic heterocycles. The maximum Gasteiger partial charge on any atom is 1.00 e. The van der Waals surface area contributed by atoms with Gasteiger partial charge >= 0.3 is 158 Å². The molecule has 0 heterocycles. The van der Waals surface area contributed by atoms with Gasteiger partial charge in [0, 0.05) is 28.5 Å². The van der Waals surface area contributed by atoms with Crippen molar-refractivity contribution < 1.29 is 266 Å². The van der Waals surface area contributed by atoms with E-state index in [1.165, 1.54) is 18.2 Å². The van der Waals surface area contributed by atoms with Crippen LogP contribution in [0.25, 0.3) is 10.8 Å². The van der Waals surface area contributed by atoms with E-state index < -0.39 is 116 Å². The Morgan fingerprint density at radius 2 is 1.04 bits per heavy atom. The van der Waals surface area contributed by atoms with Gasteiger partial charge in [0.1, 0.15) is 43.2 Å². The molecule has 0 spiro atoms. The zero-order valence-corrected chi connectivity index (χ0v) is 51.9. The van der Waals surface area contributed by atoms with E-state index in [4.69, 9.17) is 47.7 Å². The zero-order chi connectivity index (χ0) is 48.2. The van der Waals surface area contributed by atoms with Crippen molar-refractivity contribution in [3.05, 3.63) is 74.5 Å². The molecule has 4 aromatic rings. The second-order valence-electron chi connectivity index (χ2n) is 10.6. The number of anilines is 1. The number of hydrogen-bond donors (Lipinski definition) is 5. The van der Waals surface area contributed by atoms with Crippen LogP contribution in [0.4, 0.5) is 28.4 Å². The van der Waals surface area contributed by atoms with Gasteiger partial charge in [-0.2, -0.15) is 27.5 Å². The van der Waals surface area contributed by atoms with Crippen LogP contribution in [-0.2, 0) is 88.4 Å². The summed E-state index contributed by atoms with van der Waals surface area (Å²) < 4.78 is 210. The Kier molecular flexibility index (Phi) is 39.9. The van der Waals surface area contributed by atoms with E-state index in [9.17, 15) is 53.0 Å². The van der Waals surface area contributed by atoms with E-state index in [1.807, 2.05) is 0 Å². The predicted molar refractivity (Wildman–Crippen MR) is 203 cm³/mol. The average molecular weight is 1190 g/mol. The molecule has 0 saturated heterocycles. The topological polar surface area (TPSA) is 491 Å². The van der Waals surface area contributed by atoms with E-state index in [2.05, 4.69) is 45.7 Å². The molecule has 0 saturated carbocycles. The van der Waals surface area contributed by atoms with Gasteiger partial charge in [-0.25, -0.2) is 50.5 Å². The Balaban J connectivity index is -0.000000422. The summed E-state index contributed by atoms with van der Waals surface area (Å²) in [5, 5.41) is 38.7. The van der Waals surface area contributed by atoms with E-state index in [0.29, 0.717) is 6.07 Å². The third kappa shape index (κ3) is 30.5. The third-order valence-electron chi connectivity index (χ3n) is 6.41. The molecule has 5 N–H and O–H groups in total. The van der Waals surface area contributed by atoms with E-state index >= 15 is 0 Å². The van der Waals surface area contributed by atoms with Crippen LogP contribution in [0.2, 0.25) is 0 Å². The molecular weight excluding hydrogens is 1170 g/mol. The fourth-order valence-corrected chi connectivity index (χ4v) is 6.63. The second-order valence-corrected chi connectivity index (χ2v) is 19.7. The Bertz CT molecular complexity index is 3160. The van der Waals surface area contributed by atoms with Gasteiger partial charge in [0.05, 0.1) is 26.1 Å². The summed E-state index contributed by atoms with van der Waals surface area (Å²) in [6, 6.07) is 11.9. The van der Waals surface area contributed by atoms with Crippen LogP contribution in [0.3, 0.4) is 0 Å². The number of nitrogens with zero attached hydrogens (tertiary/aromatic N) is 4. The van der Waals surface area contributed by atoms with Gasteiger partial charge in [0.2, 0.25) is 20.8 Å². The Morgan fingerprint density at radius 1 is 0.618 bits per heavy atom. The molecule has 1 radical (unpaired) electrons. The van der Waals surface area contributed by atoms with Gasteiger partial charge < -0.3 is 47.6 Å². The van der Waals surface area contributed by atoms with Crippen molar-refractivity contribution in [2.75, 3.05) is 22.7 Å². The number of phenolic OH excluding ortho intramolecular Hbond substituents is 2. The minimum Gasteiger partial charge on any atom is -0.747 e. The number of hydrogen-bond acceptors (Lipinski definition) is 26. The summed E-state index contributed by atoms with van der Waals surface area (Å²) in [5.74, 6) is -3.28. The molecule has 355 valence electrons. The summed E-state index contributed by atoms with van der Waals surface area (Å²) >= 11 is 0. The molecular formula is C27H24CuN5Na5O23S7-2. The van der Waals surface area contributed by atoms with Gasteiger partial charge in [0.15, 0.2) is 19.7 Å². The number of sulfone groups is 2. The van der Waals surface area contributed by atoms with E-state index in [-0.39, 0.29) is 203 Å². The zero-order valence-electron chi connectivity index (χ0n) is 35.2. The number of aromatic hydroxyl groups is 2. The summed E-state index contributed by atoms with van der Waals surface area (Å²) in [6.07, 6.45) is 0. The number of rotatable bonds is 12. The van der Waals surface area contributed by atoms with Crippen molar-refractivity contribution in [3.63, 3.8) is 0 Å². The van der Waals surface area contributed by atoms with Crippen molar-refractivity contribution >= 4 is 111 Å². The normalized spacial score (nSPS) is 11.3. The SMILES string of the molecule is O=S(=O)([O-])O.O=S(=O)([O-])O.O=S(=O)=O.[CH2-]CS(=O)(=O)c1ccc(O)c(N=Nc2[c-]cc3c(N=Nc4ccc(S(=O)(=O)C[CH2-])cc4S(=O)(=O)[O-])c(NCS(=O)(=O)[O-])ccc3c2O)c1.[Cu].[Na+].[Na+].[Na+].[Na+].[Na+]. The molecule has 0 aromatic heterocycles. The van der Waals surface area contributed by atoms with E-state index in [0.717, 1.165) is 30.3 Å². The molecule has 0 bridgehead atoms. The van der Waals surface area contributed by atoms with Crippen LogP contribution >= 0.6 is 0 Å². The molecule has 0 amide bonds. The molecule has 4 aromatic carbocycles. The minimum absolute atomic E-state index is 0. The van der Waals surface area contributed by atoms with Crippen LogP contribution in [0.5, 0.6) is 11.5 Å². The number of fused-ring (bicyclic) bond motifs is 1. The maximum absolute atomic E-state index is 12.2. The predicted octanol–water partition coefficient (Wildman–Crippen LogP) is -14.1. The van der Waals surface area contributed by atoms with Crippen LogP contribution in [0, 0.1) is 19.9 Å². The first-order valence-electron chi connectivity index (χ1n) is 14.8. The van der Waals surface area contributed by atoms with Gasteiger partial charge in [0.25, 0.3) is 0 Å². The van der Waals surface area contributed by atoms with Gasteiger partial charge in [-0.15, -0.1) is 17.7 Å². The Labute approximate surface area is 511 Å². The molecule has 0 atom stereocenters. The molecule has 28 nitrogen and oxygen atoms in total. The van der Waals surface area contributed by atoms with Crippen molar-refractivity contribution in [2.24, 2.45) is 20.5 Å². The van der Waals surface area contributed by atoms with Gasteiger partial charge in [-0.05, 0) is 42.5 Å². The monoisotopic (exact) mass is 1190 g/mol. The molecule has 0 unspecified atom stereocenters. The van der Waals surface area contributed by atoms with Crippen LogP contribution in [0.15, 0.2) is 89.7 Å². The first-order chi connectivity index (χ1) is 28.0. The minimum atomic E-state index is -5.32. The van der Waals surface area contributed by atoms with Crippen molar-refractivity contribution in [1.82, 2.24) is 0 Å². The smallest absolute Gasteiger partial charge is 0.747 e. The van der Waals surface area contributed by atoms with E-state index in [1.54, 1.807) is 0 Å². The molecule has 68 heavy (non-hydrogen) atoms. The standard InChI is InChI=1S/C27H24N5O12S4.Cu.5Na.2H2O4S.O3S/c1-3-45(35,36)16-6-12-24(33)23(13-16)31-30-22-11-7-18-19(27(22)34)8-10-21(28-15-47(39,40)41)26(18)32-29-20-9-5-17(46(37,38)4-2)14-25(20)48(42,43)44;;;;;;;2*1-5(2,3)4;1-4(2)3/h5-10,12-14,28,33-34H,1-4,15H2,(H,39,40,41)(H,42,43,44);;;;;;;2*(H2,1,2,3,4);/q-3;;5*+1;;;/p-4. The first kappa shape index (κ1) is 79.7. The maximum atomic E-state index is 12.2. The van der Waals surface area contributed by atoms with Crippen molar-refractivity contribution in [2.45, 2.75) is 14.7 Å². The summed E-state index contributed by atoms with van der Waals surface area (Å²) in [7, 11) is -30.9. The molecule has 0 aliphatic carbocycles. The Hall–Kier alpha value is 0.339. The van der Waals surface area contributed by atoms with Gasteiger partial charge in [-0.1, -0.05) is 28.3 Å². The van der Waals surface area contributed by atoms with Crippen LogP contribution in [0.1, 0.15) is 0 Å². The quantitative estimate of drug-likeness (QED) is 0.0289. The Morgan fingerprint density at radius 3 is 1.47 bits per heavy atom. The number of phenols is 2. The summed E-state index contributed by atoms with van der Waals surface area (Å²) in [4.78, 5) is -1.77. The fourth-order valence-electron chi connectivity index (χ4n) is 3.98. The largest absolute Gasteiger partial charge is 1.00 e.